The first kappa shape index (κ1) is 10.9. The molecule has 0 radical (unpaired) electrons. The first-order chi connectivity index (χ1) is 6.99. The minimum Gasteiger partial charge on any atom is -0.389 e. The largest absolute Gasteiger partial charge is 0.389 e. The lowest BCUT2D eigenvalue weighted by Gasteiger charge is -2.39. The third-order valence-corrected chi connectivity index (χ3v) is 3.54. The van der Waals surface area contributed by atoms with E-state index in [1.807, 2.05) is 14.0 Å². The van der Waals surface area contributed by atoms with Gasteiger partial charge in [-0.15, -0.1) is 0 Å². The van der Waals surface area contributed by atoms with Crippen molar-refractivity contribution >= 4 is 5.91 Å². The molecule has 2 unspecified atom stereocenters. The summed E-state index contributed by atoms with van der Waals surface area (Å²) in [7, 11) is 1.85. The highest BCUT2D eigenvalue weighted by atomic mass is 16.3. The van der Waals surface area contributed by atoms with Gasteiger partial charge in [0.25, 0.3) is 0 Å². The Labute approximate surface area is 90.9 Å². The first-order valence-electron chi connectivity index (χ1n) is 5.71. The van der Waals surface area contributed by atoms with Crippen molar-refractivity contribution < 1.29 is 9.90 Å². The van der Waals surface area contributed by atoms with Crippen LogP contribution in [-0.2, 0) is 4.79 Å². The van der Waals surface area contributed by atoms with Gasteiger partial charge in [-0.1, -0.05) is 0 Å². The molecular weight excluding hydrogens is 192 g/mol. The lowest BCUT2D eigenvalue weighted by Crippen LogP contribution is -2.52. The summed E-state index contributed by atoms with van der Waals surface area (Å²) in [4.78, 5) is 15.8. The van der Waals surface area contributed by atoms with Crippen molar-refractivity contribution in [3.05, 3.63) is 0 Å². The van der Waals surface area contributed by atoms with E-state index in [1.165, 1.54) is 0 Å². The van der Waals surface area contributed by atoms with Gasteiger partial charge >= 0.3 is 0 Å². The number of amides is 1. The maximum Gasteiger partial charge on any atom is 0.239 e. The SMILES string of the molecule is CN1CCC(N2CCCC(C)(O)C2)C1=O. The molecule has 2 aliphatic heterocycles. The molecule has 2 rings (SSSR count). The van der Waals surface area contributed by atoms with Gasteiger partial charge in [0.2, 0.25) is 5.91 Å². The number of aliphatic hydroxyl groups is 1. The number of carbonyl (C=O) groups is 1. The highest BCUT2D eigenvalue weighted by molar-refractivity contribution is 5.83. The third kappa shape index (κ3) is 2.16. The smallest absolute Gasteiger partial charge is 0.239 e. The number of likely N-dealkylation sites (N-methyl/N-ethyl adjacent to an activating group) is 1. The second-order valence-corrected chi connectivity index (χ2v) is 5.14. The number of hydrogen-bond acceptors (Lipinski definition) is 3. The van der Waals surface area contributed by atoms with Crippen LogP contribution in [0.25, 0.3) is 0 Å². The van der Waals surface area contributed by atoms with Gasteiger partial charge in [0, 0.05) is 20.1 Å². The number of carbonyl (C=O) groups excluding carboxylic acids is 1. The van der Waals surface area contributed by atoms with Crippen LogP contribution in [0.4, 0.5) is 0 Å². The van der Waals surface area contributed by atoms with Gasteiger partial charge in [0.15, 0.2) is 0 Å². The zero-order valence-electron chi connectivity index (χ0n) is 9.57. The molecule has 15 heavy (non-hydrogen) atoms. The van der Waals surface area contributed by atoms with E-state index in [2.05, 4.69) is 4.90 Å². The molecule has 2 heterocycles. The standard InChI is InChI=1S/C11H20N2O2/c1-11(15)5-3-6-13(8-11)9-4-7-12(2)10(9)14/h9,15H,3-8H2,1-2H3. The van der Waals surface area contributed by atoms with Crippen LogP contribution in [0.3, 0.4) is 0 Å². The molecule has 86 valence electrons. The van der Waals surface area contributed by atoms with Gasteiger partial charge in [0.05, 0.1) is 11.6 Å². The molecule has 4 nitrogen and oxygen atoms in total. The maximum absolute atomic E-state index is 11.8. The molecule has 2 fully saturated rings. The topological polar surface area (TPSA) is 43.8 Å². The Kier molecular flexibility index (Phi) is 2.73. The van der Waals surface area contributed by atoms with Crippen LogP contribution in [0.15, 0.2) is 0 Å². The Morgan fingerprint density at radius 3 is 2.73 bits per heavy atom. The molecule has 1 amide bonds. The maximum atomic E-state index is 11.8. The van der Waals surface area contributed by atoms with E-state index in [9.17, 15) is 9.90 Å². The predicted molar refractivity (Wildman–Crippen MR) is 57.5 cm³/mol. The number of likely N-dealkylation sites (tertiary alicyclic amines) is 2. The Hall–Kier alpha value is -0.610. The molecule has 0 aromatic heterocycles. The third-order valence-electron chi connectivity index (χ3n) is 3.54. The Morgan fingerprint density at radius 1 is 1.47 bits per heavy atom. The zero-order chi connectivity index (χ0) is 11.1. The van der Waals surface area contributed by atoms with Crippen molar-refractivity contribution in [2.45, 2.75) is 37.8 Å². The fraction of sp³-hybridized carbons (Fsp3) is 0.909. The quantitative estimate of drug-likeness (QED) is 0.668. The zero-order valence-corrected chi connectivity index (χ0v) is 9.57. The van der Waals surface area contributed by atoms with E-state index in [0.717, 1.165) is 32.4 Å². The van der Waals surface area contributed by atoms with Gasteiger partial charge in [0.1, 0.15) is 0 Å². The highest BCUT2D eigenvalue weighted by Gasteiger charge is 2.38. The van der Waals surface area contributed by atoms with Crippen LogP contribution in [0.5, 0.6) is 0 Å². The van der Waals surface area contributed by atoms with Crippen LogP contribution < -0.4 is 0 Å². The molecule has 0 aromatic carbocycles. The van der Waals surface area contributed by atoms with Crippen molar-refractivity contribution in [2.75, 3.05) is 26.7 Å². The second-order valence-electron chi connectivity index (χ2n) is 5.14. The Balaban J connectivity index is 2.02. The van der Waals surface area contributed by atoms with Crippen LogP contribution >= 0.6 is 0 Å². The normalized spacial score (nSPS) is 38.7. The second kappa shape index (κ2) is 3.76. The molecule has 2 saturated heterocycles. The summed E-state index contributed by atoms with van der Waals surface area (Å²) in [6.07, 6.45) is 2.74. The van der Waals surface area contributed by atoms with E-state index in [1.54, 1.807) is 4.90 Å². The number of hydrogen-bond donors (Lipinski definition) is 1. The van der Waals surface area contributed by atoms with Crippen LogP contribution in [0.1, 0.15) is 26.2 Å². The Morgan fingerprint density at radius 2 is 2.20 bits per heavy atom. The summed E-state index contributed by atoms with van der Waals surface area (Å²) >= 11 is 0. The lowest BCUT2D eigenvalue weighted by molar-refractivity contribution is -0.133. The molecule has 0 spiro atoms. The summed E-state index contributed by atoms with van der Waals surface area (Å²) < 4.78 is 0. The highest BCUT2D eigenvalue weighted by Crippen LogP contribution is 2.25. The van der Waals surface area contributed by atoms with Crippen molar-refractivity contribution in [3.8, 4) is 0 Å². The molecule has 4 heteroatoms. The van der Waals surface area contributed by atoms with Crippen LogP contribution in [0.2, 0.25) is 0 Å². The van der Waals surface area contributed by atoms with E-state index >= 15 is 0 Å². The monoisotopic (exact) mass is 212 g/mol. The number of piperidine rings is 1. The van der Waals surface area contributed by atoms with Crippen molar-refractivity contribution in [3.63, 3.8) is 0 Å². The van der Waals surface area contributed by atoms with Gasteiger partial charge < -0.3 is 10.0 Å². The fourth-order valence-electron chi connectivity index (χ4n) is 2.67. The van der Waals surface area contributed by atoms with Gasteiger partial charge in [-0.3, -0.25) is 9.69 Å². The summed E-state index contributed by atoms with van der Waals surface area (Å²) in [5.41, 5.74) is -0.611. The summed E-state index contributed by atoms with van der Waals surface area (Å²) in [6, 6.07) is 0.0155. The van der Waals surface area contributed by atoms with Crippen LogP contribution in [0, 0.1) is 0 Å². The molecular formula is C11H20N2O2. The lowest BCUT2D eigenvalue weighted by atomic mass is 9.94. The average Bonchev–Trinajstić information content (AvgIpc) is 2.46. The van der Waals surface area contributed by atoms with Gasteiger partial charge in [-0.2, -0.15) is 0 Å². The van der Waals surface area contributed by atoms with Crippen molar-refractivity contribution in [1.29, 1.82) is 0 Å². The fourth-order valence-corrected chi connectivity index (χ4v) is 2.67. The molecule has 2 aliphatic rings. The first-order valence-corrected chi connectivity index (χ1v) is 5.71. The molecule has 0 aromatic rings. The predicted octanol–water partition coefficient (Wildman–Crippen LogP) is 0.0639. The molecule has 0 saturated carbocycles. The van der Waals surface area contributed by atoms with Crippen LogP contribution in [-0.4, -0.2) is 59.1 Å². The van der Waals surface area contributed by atoms with Gasteiger partial charge in [-0.05, 0) is 32.7 Å². The summed E-state index contributed by atoms with van der Waals surface area (Å²) in [5, 5.41) is 9.99. The number of rotatable bonds is 1. The number of β-amino-alcohol motifs (C(OH)–C–C–N with tert-alkyl or cyclic N) is 1. The van der Waals surface area contributed by atoms with Crippen molar-refractivity contribution in [2.24, 2.45) is 0 Å². The Bertz CT molecular complexity index is 265. The van der Waals surface area contributed by atoms with E-state index < -0.39 is 5.60 Å². The summed E-state index contributed by atoms with van der Waals surface area (Å²) in [5.74, 6) is 0.215. The average molecular weight is 212 g/mol. The van der Waals surface area contributed by atoms with Gasteiger partial charge in [-0.25, -0.2) is 0 Å². The minimum atomic E-state index is -0.611. The molecule has 2 atom stereocenters. The van der Waals surface area contributed by atoms with Crippen molar-refractivity contribution in [1.82, 2.24) is 9.80 Å². The number of nitrogens with zero attached hydrogens (tertiary/aromatic N) is 2. The molecule has 0 bridgehead atoms. The molecule has 0 aliphatic carbocycles. The summed E-state index contributed by atoms with van der Waals surface area (Å²) in [6.45, 7) is 4.29. The van der Waals surface area contributed by atoms with E-state index in [-0.39, 0.29) is 11.9 Å². The minimum absolute atomic E-state index is 0.0155. The van der Waals surface area contributed by atoms with E-state index in [0.29, 0.717) is 6.54 Å². The molecule has 1 N–H and O–H groups in total. The van der Waals surface area contributed by atoms with E-state index in [4.69, 9.17) is 0 Å².